The van der Waals surface area contributed by atoms with Crippen LogP contribution in [0.2, 0.25) is 0 Å². The Morgan fingerprint density at radius 3 is 2.91 bits per heavy atom. The van der Waals surface area contributed by atoms with Gasteiger partial charge >= 0.3 is 5.97 Å². The first kappa shape index (κ1) is 14.0. The van der Waals surface area contributed by atoms with Crippen molar-refractivity contribution < 1.29 is 9.90 Å². The average molecular weight is 300 g/mol. The van der Waals surface area contributed by atoms with Crippen LogP contribution in [-0.4, -0.2) is 22.6 Å². The van der Waals surface area contributed by atoms with Gasteiger partial charge in [0.05, 0.1) is 5.92 Å². The zero-order valence-corrected chi connectivity index (χ0v) is 13.0. The molecule has 0 unspecified atom stereocenters. The lowest BCUT2D eigenvalue weighted by Gasteiger charge is -2.57. The molecule has 0 aromatic carbocycles. The van der Waals surface area contributed by atoms with Crippen LogP contribution in [0.25, 0.3) is 0 Å². The fourth-order valence-electron chi connectivity index (χ4n) is 4.72. The summed E-state index contributed by atoms with van der Waals surface area (Å²) in [4.78, 5) is 15.7. The Morgan fingerprint density at radius 1 is 1.32 bits per heavy atom. The fourth-order valence-corrected chi connectivity index (χ4v) is 4.72. The second-order valence-corrected chi connectivity index (χ2v) is 7.60. The van der Waals surface area contributed by atoms with E-state index in [1.807, 2.05) is 0 Å². The van der Waals surface area contributed by atoms with E-state index in [9.17, 15) is 4.79 Å². The van der Waals surface area contributed by atoms with E-state index in [1.165, 1.54) is 36.9 Å². The molecule has 2 N–H and O–H groups in total. The average Bonchev–Trinajstić information content (AvgIpc) is 2.43. The number of fused-ring (bicyclic) bond motifs is 1. The summed E-state index contributed by atoms with van der Waals surface area (Å²) in [6.07, 6.45) is 8.91. The first-order valence-electron chi connectivity index (χ1n) is 8.59. The fraction of sp³-hybridized carbons (Fsp3) is 0.667. The Morgan fingerprint density at radius 2 is 2.14 bits per heavy atom. The van der Waals surface area contributed by atoms with Gasteiger partial charge < -0.3 is 10.4 Å². The smallest absolute Gasteiger partial charge is 0.306 e. The van der Waals surface area contributed by atoms with Crippen LogP contribution in [0.4, 0.5) is 5.82 Å². The molecule has 2 saturated carbocycles. The molecular formula is C18H24N2O2. The highest BCUT2D eigenvalue weighted by atomic mass is 16.4. The van der Waals surface area contributed by atoms with Crippen molar-refractivity contribution in [1.82, 2.24) is 4.98 Å². The molecule has 1 aromatic rings. The molecule has 1 aliphatic heterocycles. The Bertz CT molecular complexity index is 585. The molecule has 118 valence electrons. The van der Waals surface area contributed by atoms with E-state index in [4.69, 9.17) is 10.1 Å². The second kappa shape index (κ2) is 5.25. The SMILES string of the molecule is O=C(O)C1CC2(CC(CCc3ccc4c(n3)NCCC4)C2)C1. The number of rotatable bonds is 4. The Kier molecular flexibility index (Phi) is 3.35. The monoisotopic (exact) mass is 300 g/mol. The largest absolute Gasteiger partial charge is 0.481 e. The summed E-state index contributed by atoms with van der Waals surface area (Å²) < 4.78 is 0. The highest BCUT2D eigenvalue weighted by Gasteiger charge is 2.54. The molecule has 4 heteroatoms. The van der Waals surface area contributed by atoms with Crippen molar-refractivity contribution in [2.24, 2.45) is 17.3 Å². The van der Waals surface area contributed by atoms with Crippen LogP contribution in [0, 0.1) is 17.3 Å². The molecule has 0 atom stereocenters. The van der Waals surface area contributed by atoms with E-state index in [0.29, 0.717) is 5.41 Å². The van der Waals surface area contributed by atoms with Crippen LogP contribution in [0.5, 0.6) is 0 Å². The molecular weight excluding hydrogens is 276 g/mol. The van der Waals surface area contributed by atoms with Crippen molar-refractivity contribution in [3.05, 3.63) is 23.4 Å². The molecule has 0 radical (unpaired) electrons. The number of hydrogen-bond acceptors (Lipinski definition) is 3. The van der Waals surface area contributed by atoms with Gasteiger partial charge in [0.15, 0.2) is 0 Å². The minimum atomic E-state index is -0.597. The third kappa shape index (κ3) is 2.49. The number of aromatic nitrogens is 1. The number of carboxylic acid groups (broad SMARTS) is 1. The third-order valence-corrected chi connectivity index (χ3v) is 5.91. The van der Waals surface area contributed by atoms with Crippen molar-refractivity contribution in [1.29, 1.82) is 0 Å². The quantitative estimate of drug-likeness (QED) is 0.896. The highest BCUT2D eigenvalue weighted by molar-refractivity contribution is 5.71. The summed E-state index contributed by atoms with van der Waals surface area (Å²) in [5, 5.41) is 12.4. The lowest BCUT2D eigenvalue weighted by molar-refractivity contribution is -0.158. The van der Waals surface area contributed by atoms with Gasteiger partial charge in [-0.2, -0.15) is 0 Å². The molecule has 1 aromatic heterocycles. The molecule has 4 nitrogen and oxygen atoms in total. The van der Waals surface area contributed by atoms with Crippen molar-refractivity contribution >= 4 is 11.8 Å². The lowest BCUT2D eigenvalue weighted by Crippen LogP contribution is -2.49. The zero-order valence-electron chi connectivity index (χ0n) is 13.0. The van der Waals surface area contributed by atoms with Gasteiger partial charge in [0.25, 0.3) is 0 Å². The van der Waals surface area contributed by atoms with Crippen LogP contribution < -0.4 is 5.32 Å². The standard InChI is InChI=1S/C18H24N2O2/c21-17(22)14-10-18(11-14)8-12(9-18)3-5-15-6-4-13-2-1-7-19-16(13)20-15/h4,6,12,14H,1-3,5,7-11H2,(H,19,20)(H,21,22). The van der Waals surface area contributed by atoms with Crippen molar-refractivity contribution in [3.8, 4) is 0 Å². The van der Waals surface area contributed by atoms with Crippen LogP contribution in [0.3, 0.4) is 0 Å². The topological polar surface area (TPSA) is 62.2 Å². The Hall–Kier alpha value is -1.58. The Balaban J connectivity index is 1.26. The normalized spacial score (nSPS) is 32.5. The van der Waals surface area contributed by atoms with Gasteiger partial charge in [-0.05, 0) is 74.3 Å². The zero-order chi connectivity index (χ0) is 15.2. The molecule has 22 heavy (non-hydrogen) atoms. The van der Waals surface area contributed by atoms with Crippen molar-refractivity contribution in [3.63, 3.8) is 0 Å². The lowest BCUT2D eigenvalue weighted by atomic mass is 9.47. The van der Waals surface area contributed by atoms with E-state index in [2.05, 4.69) is 17.4 Å². The van der Waals surface area contributed by atoms with E-state index in [1.54, 1.807) is 0 Å². The van der Waals surface area contributed by atoms with E-state index < -0.39 is 5.97 Å². The predicted octanol–water partition coefficient (Wildman–Crippen LogP) is 3.26. The molecule has 2 heterocycles. The second-order valence-electron chi connectivity index (χ2n) is 7.60. The first-order chi connectivity index (χ1) is 10.6. The molecule has 2 aliphatic carbocycles. The number of carbonyl (C=O) groups is 1. The number of anilines is 1. The summed E-state index contributed by atoms with van der Waals surface area (Å²) in [7, 11) is 0. The maximum absolute atomic E-state index is 10.9. The molecule has 3 aliphatic rings. The molecule has 4 rings (SSSR count). The molecule has 0 saturated heterocycles. The van der Waals surface area contributed by atoms with Gasteiger partial charge in [0.1, 0.15) is 5.82 Å². The number of nitrogens with one attached hydrogen (secondary N) is 1. The van der Waals surface area contributed by atoms with Crippen LogP contribution in [0.15, 0.2) is 12.1 Å². The predicted molar refractivity (Wildman–Crippen MR) is 84.9 cm³/mol. The summed E-state index contributed by atoms with van der Waals surface area (Å²) in [6.45, 7) is 1.04. The van der Waals surface area contributed by atoms with Gasteiger partial charge in [-0.25, -0.2) is 4.98 Å². The number of carboxylic acids is 1. The summed E-state index contributed by atoms with van der Waals surface area (Å²) in [5.74, 6) is 1.21. The van der Waals surface area contributed by atoms with Crippen molar-refractivity contribution in [2.45, 2.75) is 51.4 Å². The van der Waals surface area contributed by atoms with Crippen LogP contribution >= 0.6 is 0 Å². The van der Waals surface area contributed by atoms with Crippen LogP contribution in [-0.2, 0) is 17.6 Å². The minimum absolute atomic E-state index is 0.0608. The van der Waals surface area contributed by atoms with Gasteiger partial charge in [-0.1, -0.05) is 6.07 Å². The summed E-state index contributed by atoms with van der Waals surface area (Å²) in [6, 6.07) is 4.42. The molecule has 1 spiro atoms. The van der Waals surface area contributed by atoms with Gasteiger partial charge in [0.2, 0.25) is 0 Å². The number of hydrogen-bond donors (Lipinski definition) is 2. The van der Waals surface area contributed by atoms with E-state index in [0.717, 1.165) is 44.0 Å². The van der Waals surface area contributed by atoms with E-state index >= 15 is 0 Å². The molecule has 0 amide bonds. The number of pyridine rings is 1. The number of aryl methyl sites for hydroxylation is 2. The van der Waals surface area contributed by atoms with E-state index in [-0.39, 0.29) is 5.92 Å². The van der Waals surface area contributed by atoms with Crippen LogP contribution in [0.1, 0.15) is 49.8 Å². The maximum atomic E-state index is 10.9. The first-order valence-corrected chi connectivity index (χ1v) is 8.59. The summed E-state index contributed by atoms with van der Waals surface area (Å²) in [5.41, 5.74) is 2.95. The van der Waals surface area contributed by atoms with Gasteiger partial charge in [-0.3, -0.25) is 4.79 Å². The van der Waals surface area contributed by atoms with Crippen molar-refractivity contribution in [2.75, 3.05) is 11.9 Å². The molecule has 0 bridgehead atoms. The number of aliphatic carboxylic acids is 1. The Labute approximate surface area is 131 Å². The van der Waals surface area contributed by atoms with Gasteiger partial charge in [-0.15, -0.1) is 0 Å². The number of nitrogens with zero attached hydrogens (tertiary/aromatic N) is 1. The summed E-state index contributed by atoms with van der Waals surface area (Å²) >= 11 is 0. The van der Waals surface area contributed by atoms with Gasteiger partial charge in [0, 0.05) is 12.2 Å². The third-order valence-electron chi connectivity index (χ3n) is 5.91. The maximum Gasteiger partial charge on any atom is 0.306 e. The highest BCUT2D eigenvalue weighted by Crippen LogP contribution is 2.62. The molecule has 2 fully saturated rings. The minimum Gasteiger partial charge on any atom is -0.481 e.